The zero-order valence-electron chi connectivity index (χ0n) is 17.5. The zero-order valence-corrected chi connectivity index (χ0v) is 17.5. The number of piperazine rings is 1. The minimum absolute atomic E-state index is 0.459. The molecule has 1 aromatic carbocycles. The Morgan fingerprint density at radius 2 is 1.91 bits per heavy atom. The summed E-state index contributed by atoms with van der Waals surface area (Å²) >= 11 is 0. The van der Waals surface area contributed by atoms with Gasteiger partial charge in [-0.2, -0.15) is 10.4 Å². The van der Waals surface area contributed by atoms with Crippen LogP contribution in [0.4, 0.5) is 5.82 Å². The predicted molar refractivity (Wildman–Crippen MR) is 121 cm³/mol. The van der Waals surface area contributed by atoms with Crippen LogP contribution < -0.4 is 15.0 Å². The van der Waals surface area contributed by atoms with Crippen LogP contribution in [-0.2, 0) is 6.61 Å². The monoisotopic (exact) mass is 422 g/mol. The van der Waals surface area contributed by atoms with Crippen molar-refractivity contribution in [3.8, 4) is 22.9 Å². The SMILES string of the molecule is N#Cc1cnn2cc(OCc3ccccc3)cc(-c3ccc(N4CC5CC(C4)N5)nc3)c12. The third-order valence-corrected chi connectivity index (χ3v) is 6.26. The number of nitrogens with one attached hydrogen (secondary N) is 1. The van der Waals surface area contributed by atoms with Crippen molar-refractivity contribution in [1.82, 2.24) is 19.9 Å². The van der Waals surface area contributed by atoms with Gasteiger partial charge < -0.3 is 15.0 Å². The number of hydrogen-bond acceptors (Lipinski definition) is 6. The van der Waals surface area contributed by atoms with Crippen LogP contribution in [-0.4, -0.2) is 39.8 Å². The molecule has 6 heterocycles. The lowest BCUT2D eigenvalue weighted by molar-refractivity contribution is 0.225. The van der Waals surface area contributed by atoms with Crippen molar-refractivity contribution in [2.45, 2.75) is 25.1 Å². The number of ether oxygens (including phenoxy) is 1. The number of pyridine rings is 2. The van der Waals surface area contributed by atoms with Crippen molar-refractivity contribution in [2.75, 3.05) is 18.0 Å². The summed E-state index contributed by atoms with van der Waals surface area (Å²) in [7, 11) is 0. The molecule has 2 unspecified atom stereocenters. The number of piperidine rings is 1. The second-order valence-electron chi connectivity index (χ2n) is 8.43. The maximum absolute atomic E-state index is 9.60. The van der Waals surface area contributed by atoms with E-state index < -0.39 is 0 Å². The Hall–Kier alpha value is -3.89. The number of rotatable bonds is 5. The number of aromatic nitrogens is 3. The lowest BCUT2D eigenvalue weighted by Crippen LogP contribution is -2.67. The summed E-state index contributed by atoms with van der Waals surface area (Å²) < 4.78 is 7.78. The first-order valence-electron chi connectivity index (χ1n) is 10.8. The van der Waals surface area contributed by atoms with E-state index in [0.717, 1.165) is 41.1 Å². The van der Waals surface area contributed by atoms with Crippen LogP contribution in [0, 0.1) is 11.3 Å². The molecule has 3 aliphatic heterocycles. The van der Waals surface area contributed by atoms with E-state index in [9.17, 15) is 5.26 Å². The summed E-state index contributed by atoms with van der Waals surface area (Å²) in [5, 5.41) is 17.5. The topological polar surface area (TPSA) is 78.5 Å². The molecule has 2 atom stereocenters. The third-order valence-electron chi connectivity index (χ3n) is 6.26. The van der Waals surface area contributed by atoms with E-state index in [-0.39, 0.29) is 0 Å². The summed E-state index contributed by atoms with van der Waals surface area (Å²) in [5.74, 6) is 1.68. The van der Waals surface area contributed by atoms with Gasteiger partial charge in [-0.05, 0) is 30.2 Å². The molecule has 32 heavy (non-hydrogen) atoms. The summed E-state index contributed by atoms with van der Waals surface area (Å²) in [6.45, 7) is 2.45. The van der Waals surface area contributed by atoms with Gasteiger partial charge in [0, 0.05) is 42.5 Å². The van der Waals surface area contributed by atoms with Gasteiger partial charge in [0.15, 0.2) is 0 Å². The van der Waals surface area contributed by atoms with Crippen LogP contribution >= 0.6 is 0 Å². The van der Waals surface area contributed by atoms with Gasteiger partial charge in [-0.1, -0.05) is 30.3 Å². The Morgan fingerprint density at radius 3 is 2.62 bits per heavy atom. The second kappa shape index (κ2) is 7.66. The molecule has 3 saturated heterocycles. The number of anilines is 1. The third kappa shape index (κ3) is 3.35. The first-order valence-corrected chi connectivity index (χ1v) is 10.8. The smallest absolute Gasteiger partial charge is 0.138 e. The summed E-state index contributed by atoms with van der Waals surface area (Å²) in [4.78, 5) is 7.09. The highest BCUT2D eigenvalue weighted by Gasteiger charge is 2.36. The molecule has 3 fully saturated rings. The number of nitriles is 1. The average molecular weight is 422 g/mol. The van der Waals surface area contributed by atoms with Crippen molar-refractivity contribution < 1.29 is 4.74 Å². The van der Waals surface area contributed by atoms with Gasteiger partial charge in [0.2, 0.25) is 0 Å². The first-order chi connectivity index (χ1) is 15.8. The molecule has 158 valence electrons. The highest BCUT2D eigenvalue weighted by Crippen LogP contribution is 2.32. The Morgan fingerprint density at radius 1 is 1.09 bits per heavy atom. The molecule has 3 aliphatic rings. The van der Waals surface area contributed by atoms with E-state index in [2.05, 4.69) is 33.5 Å². The fourth-order valence-electron chi connectivity index (χ4n) is 4.65. The summed E-state index contributed by atoms with van der Waals surface area (Å²) in [6.07, 6.45) is 6.56. The number of benzene rings is 1. The lowest BCUT2D eigenvalue weighted by Gasteiger charge is -2.48. The van der Waals surface area contributed by atoms with Gasteiger partial charge in [0.25, 0.3) is 0 Å². The molecule has 1 N–H and O–H groups in total. The second-order valence-corrected chi connectivity index (χ2v) is 8.43. The molecule has 0 spiro atoms. The predicted octanol–water partition coefficient (Wildman–Crippen LogP) is 3.40. The van der Waals surface area contributed by atoms with Gasteiger partial charge in [-0.3, -0.25) is 0 Å². The minimum atomic E-state index is 0.459. The quantitative estimate of drug-likeness (QED) is 0.531. The van der Waals surface area contributed by atoms with Gasteiger partial charge in [0.05, 0.1) is 23.5 Å². The molecule has 7 rings (SSSR count). The van der Waals surface area contributed by atoms with Gasteiger partial charge in [-0.15, -0.1) is 0 Å². The summed E-state index contributed by atoms with van der Waals surface area (Å²) in [5.41, 5.74) is 4.19. The molecule has 3 aromatic heterocycles. The fourth-order valence-corrected chi connectivity index (χ4v) is 4.65. The van der Waals surface area contributed by atoms with Crippen molar-refractivity contribution in [1.29, 1.82) is 5.26 Å². The standard InChI is InChI=1S/C25H22N6O/c26-10-19-12-28-31-15-22(32-16-17-4-2-1-3-5-17)9-23(25(19)31)18-6-7-24(27-11-18)30-13-20-8-21(14-30)29-20/h1-7,9,11-12,15,20-21,29H,8,13-14,16H2. The normalized spacial score (nSPS) is 19.4. The highest BCUT2D eigenvalue weighted by atomic mass is 16.5. The maximum Gasteiger partial charge on any atom is 0.138 e. The van der Waals surface area contributed by atoms with E-state index >= 15 is 0 Å². The maximum atomic E-state index is 9.60. The van der Waals surface area contributed by atoms with E-state index in [1.165, 1.54) is 6.42 Å². The fraction of sp³-hybridized carbons (Fsp3) is 0.240. The molecule has 0 radical (unpaired) electrons. The molecule has 0 saturated carbocycles. The molecule has 0 amide bonds. The Kier molecular flexibility index (Phi) is 4.51. The van der Waals surface area contributed by atoms with Crippen LogP contribution in [0.2, 0.25) is 0 Å². The number of nitrogens with zero attached hydrogens (tertiary/aromatic N) is 5. The highest BCUT2D eigenvalue weighted by molar-refractivity contribution is 5.85. The van der Waals surface area contributed by atoms with Crippen molar-refractivity contribution in [3.05, 3.63) is 78.2 Å². The molecule has 7 heteroatoms. The van der Waals surface area contributed by atoms with Crippen LogP contribution in [0.5, 0.6) is 5.75 Å². The molecule has 0 aliphatic carbocycles. The first kappa shape index (κ1) is 18.8. The number of hydrogen-bond donors (Lipinski definition) is 1. The zero-order chi connectivity index (χ0) is 21.5. The van der Waals surface area contributed by atoms with Gasteiger partial charge >= 0.3 is 0 Å². The van der Waals surface area contributed by atoms with Crippen molar-refractivity contribution in [2.24, 2.45) is 0 Å². The summed E-state index contributed by atoms with van der Waals surface area (Å²) in [6, 6.07) is 19.6. The molecule has 7 nitrogen and oxygen atoms in total. The van der Waals surface area contributed by atoms with E-state index in [1.54, 1.807) is 10.7 Å². The molecular formula is C25H22N6O. The van der Waals surface area contributed by atoms with Crippen LogP contribution in [0.1, 0.15) is 17.5 Å². The minimum Gasteiger partial charge on any atom is -0.487 e. The van der Waals surface area contributed by atoms with Crippen LogP contribution in [0.15, 0.2) is 67.1 Å². The Balaban J connectivity index is 1.33. The average Bonchev–Trinajstić information content (AvgIpc) is 3.26. The van der Waals surface area contributed by atoms with Gasteiger partial charge in [0.1, 0.15) is 24.2 Å². The van der Waals surface area contributed by atoms with E-state index in [4.69, 9.17) is 9.72 Å². The van der Waals surface area contributed by atoms with E-state index in [1.807, 2.05) is 48.8 Å². The van der Waals surface area contributed by atoms with Crippen molar-refractivity contribution >= 4 is 11.3 Å². The Bertz CT molecular complexity index is 1290. The van der Waals surface area contributed by atoms with Crippen LogP contribution in [0.25, 0.3) is 16.6 Å². The lowest BCUT2D eigenvalue weighted by atomic mass is 9.91. The van der Waals surface area contributed by atoms with Crippen LogP contribution in [0.3, 0.4) is 0 Å². The van der Waals surface area contributed by atoms with Gasteiger partial charge in [-0.25, -0.2) is 9.50 Å². The largest absolute Gasteiger partial charge is 0.487 e. The van der Waals surface area contributed by atoms with E-state index in [0.29, 0.717) is 30.0 Å². The molecule has 2 bridgehead atoms. The Labute approximate surface area is 185 Å². The van der Waals surface area contributed by atoms with Crippen molar-refractivity contribution in [3.63, 3.8) is 0 Å². The molecule has 4 aromatic rings. The molecular weight excluding hydrogens is 400 g/mol. The number of fused-ring (bicyclic) bond motifs is 3.